The lowest BCUT2D eigenvalue weighted by molar-refractivity contribution is 0.0704. The topological polar surface area (TPSA) is 32.3 Å². The molecule has 1 amide bonds. The van der Waals surface area contributed by atoms with Gasteiger partial charge < -0.3 is 10.2 Å². The molecule has 0 aromatic heterocycles. The second kappa shape index (κ2) is 4.84. The first kappa shape index (κ1) is 12.0. The van der Waals surface area contributed by atoms with Gasteiger partial charge in [0.1, 0.15) is 5.82 Å². The van der Waals surface area contributed by atoms with Gasteiger partial charge >= 0.3 is 0 Å². The maximum Gasteiger partial charge on any atom is 0.256 e. The lowest BCUT2D eigenvalue weighted by atomic mass is 10.1. The third kappa shape index (κ3) is 2.47. The lowest BCUT2D eigenvalue weighted by Crippen LogP contribution is -2.51. The Balaban J connectivity index is 2.22. The van der Waals surface area contributed by atoms with E-state index in [0.717, 1.165) is 6.54 Å². The van der Waals surface area contributed by atoms with Crippen LogP contribution in [0.4, 0.5) is 4.39 Å². The van der Waals surface area contributed by atoms with Crippen molar-refractivity contribution in [1.29, 1.82) is 0 Å². The number of hydrogen-bond donors (Lipinski definition) is 1. The third-order valence-electron chi connectivity index (χ3n) is 3.08. The number of hydrogen-bond acceptors (Lipinski definition) is 2. The van der Waals surface area contributed by atoms with Crippen LogP contribution in [0.2, 0.25) is 0 Å². The van der Waals surface area contributed by atoms with Crippen LogP contribution < -0.4 is 5.32 Å². The molecule has 2 rings (SSSR count). The Labute approximate surface area is 101 Å². The predicted molar refractivity (Wildman–Crippen MR) is 64.5 cm³/mol. The highest BCUT2D eigenvalue weighted by molar-refractivity contribution is 5.94. The number of nitrogens with one attached hydrogen (secondary N) is 1. The van der Waals surface area contributed by atoms with E-state index in [-0.39, 0.29) is 17.5 Å². The van der Waals surface area contributed by atoms with Crippen LogP contribution in [-0.2, 0) is 0 Å². The lowest BCUT2D eigenvalue weighted by Gasteiger charge is -2.32. The molecule has 0 spiro atoms. The summed E-state index contributed by atoms with van der Waals surface area (Å²) in [6.07, 6.45) is 0. The molecule has 1 aromatic carbocycles. The van der Waals surface area contributed by atoms with Gasteiger partial charge in [0.2, 0.25) is 0 Å². The number of carbonyl (C=O) groups excluding carboxylic acids is 1. The number of benzene rings is 1. The maximum absolute atomic E-state index is 13.8. The van der Waals surface area contributed by atoms with Crippen molar-refractivity contribution in [2.45, 2.75) is 19.9 Å². The SMILES string of the molecule is Cc1cccc(C(=O)N2CCN[C@@H](C)C2)c1F. The maximum atomic E-state index is 13.8. The Morgan fingerprint density at radius 1 is 1.53 bits per heavy atom. The first-order chi connectivity index (χ1) is 8.09. The molecule has 1 aliphatic heterocycles. The summed E-state index contributed by atoms with van der Waals surface area (Å²) in [5.74, 6) is -0.608. The Kier molecular flexibility index (Phi) is 3.43. The summed E-state index contributed by atoms with van der Waals surface area (Å²) < 4.78 is 13.8. The molecule has 1 heterocycles. The molecular weight excluding hydrogens is 219 g/mol. The van der Waals surface area contributed by atoms with Gasteiger partial charge in [-0.25, -0.2) is 4.39 Å². The molecule has 1 aromatic rings. The van der Waals surface area contributed by atoms with Gasteiger partial charge in [-0.15, -0.1) is 0 Å². The molecule has 1 N–H and O–H groups in total. The molecule has 0 bridgehead atoms. The number of aryl methyl sites for hydroxylation is 1. The van der Waals surface area contributed by atoms with E-state index in [1.165, 1.54) is 0 Å². The van der Waals surface area contributed by atoms with E-state index in [2.05, 4.69) is 5.32 Å². The van der Waals surface area contributed by atoms with E-state index >= 15 is 0 Å². The largest absolute Gasteiger partial charge is 0.336 e. The minimum absolute atomic E-state index is 0.180. The van der Waals surface area contributed by atoms with Crippen molar-refractivity contribution in [2.24, 2.45) is 0 Å². The third-order valence-corrected chi connectivity index (χ3v) is 3.08. The molecule has 1 fully saturated rings. The standard InChI is InChI=1S/C13H17FN2O/c1-9-4-3-5-11(12(9)14)13(17)16-7-6-15-10(2)8-16/h3-5,10,15H,6-8H2,1-2H3/t10-/m0/s1. The predicted octanol–water partition coefficient (Wildman–Crippen LogP) is 1.57. The normalized spacial score (nSPS) is 20.4. The molecule has 1 aliphatic rings. The minimum Gasteiger partial charge on any atom is -0.336 e. The van der Waals surface area contributed by atoms with E-state index in [4.69, 9.17) is 0 Å². The summed E-state index contributed by atoms with van der Waals surface area (Å²) >= 11 is 0. The molecule has 0 saturated carbocycles. The van der Waals surface area contributed by atoms with Gasteiger partial charge in [-0.05, 0) is 25.5 Å². The number of piperazine rings is 1. The number of nitrogens with zero attached hydrogens (tertiary/aromatic N) is 1. The van der Waals surface area contributed by atoms with Crippen molar-refractivity contribution < 1.29 is 9.18 Å². The Bertz CT molecular complexity index is 433. The van der Waals surface area contributed by atoms with Crippen molar-refractivity contribution in [3.05, 3.63) is 35.1 Å². The summed E-state index contributed by atoms with van der Waals surface area (Å²) in [7, 11) is 0. The summed E-state index contributed by atoms with van der Waals surface area (Å²) in [4.78, 5) is 13.9. The monoisotopic (exact) mass is 236 g/mol. The Morgan fingerprint density at radius 3 is 3.00 bits per heavy atom. The van der Waals surface area contributed by atoms with Gasteiger partial charge in [0.15, 0.2) is 0 Å². The van der Waals surface area contributed by atoms with Crippen LogP contribution in [0.1, 0.15) is 22.8 Å². The quantitative estimate of drug-likeness (QED) is 0.802. The zero-order valence-electron chi connectivity index (χ0n) is 10.2. The van der Waals surface area contributed by atoms with Crippen LogP contribution >= 0.6 is 0 Å². The van der Waals surface area contributed by atoms with Gasteiger partial charge in [-0.2, -0.15) is 0 Å². The second-order valence-corrected chi connectivity index (χ2v) is 4.54. The van der Waals surface area contributed by atoms with Crippen molar-refractivity contribution in [2.75, 3.05) is 19.6 Å². The van der Waals surface area contributed by atoms with E-state index in [0.29, 0.717) is 18.7 Å². The van der Waals surface area contributed by atoms with Crippen molar-refractivity contribution in [3.8, 4) is 0 Å². The zero-order chi connectivity index (χ0) is 12.4. The molecule has 3 nitrogen and oxygen atoms in total. The van der Waals surface area contributed by atoms with E-state index in [9.17, 15) is 9.18 Å². The van der Waals surface area contributed by atoms with Gasteiger partial charge in [0, 0.05) is 25.7 Å². The van der Waals surface area contributed by atoms with Crippen molar-refractivity contribution >= 4 is 5.91 Å². The summed E-state index contributed by atoms with van der Waals surface area (Å²) in [5, 5.41) is 3.26. The summed E-state index contributed by atoms with van der Waals surface area (Å²) in [6.45, 7) is 5.72. The molecule has 4 heteroatoms. The average Bonchev–Trinajstić information content (AvgIpc) is 2.32. The fourth-order valence-electron chi connectivity index (χ4n) is 2.10. The number of rotatable bonds is 1. The van der Waals surface area contributed by atoms with Crippen LogP contribution in [0.5, 0.6) is 0 Å². The molecule has 0 radical (unpaired) electrons. The smallest absolute Gasteiger partial charge is 0.256 e. The first-order valence-electron chi connectivity index (χ1n) is 5.87. The van der Waals surface area contributed by atoms with E-state index in [1.807, 2.05) is 6.92 Å². The molecule has 1 atom stereocenters. The summed E-state index contributed by atoms with van der Waals surface area (Å²) in [6, 6.07) is 5.21. The fraction of sp³-hybridized carbons (Fsp3) is 0.462. The van der Waals surface area contributed by atoms with Gasteiger partial charge in [0.25, 0.3) is 5.91 Å². The molecule has 17 heavy (non-hydrogen) atoms. The fourth-order valence-corrected chi connectivity index (χ4v) is 2.10. The van der Waals surface area contributed by atoms with E-state index in [1.54, 1.807) is 30.0 Å². The van der Waals surface area contributed by atoms with Crippen LogP contribution in [0.15, 0.2) is 18.2 Å². The van der Waals surface area contributed by atoms with E-state index < -0.39 is 5.82 Å². The Morgan fingerprint density at radius 2 is 2.29 bits per heavy atom. The van der Waals surface area contributed by atoms with Gasteiger partial charge in [-0.1, -0.05) is 12.1 Å². The van der Waals surface area contributed by atoms with Crippen LogP contribution in [0.3, 0.4) is 0 Å². The molecule has 92 valence electrons. The minimum atomic E-state index is -0.399. The summed E-state index contributed by atoms with van der Waals surface area (Å²) in [5.41, 5.74) is 0.693. The highest BCUT2D eigenvalue weighted by Gasteiger charge is 2.23. The van der Waals surface area contributed by atoms with Crippen LogP contribution in [0.25, 0.3) is 0 Å². The van der Waals surface area contributed by atoms with Gasteiger partial charge in [0.05, 0.1) is 5.56 Å². The average molecular weight is 236 g/mol. The van der Waals surface area contributed by atoms with Gasteiger partial charge in [-0.3, -0.25) is 4.79 Å². The number of carbonyl (C=O) groups is 1. The second-order valence-electron chi connectivity index (χ2n) is 4.54. The molecular formula is C13H17FN2O. The van der Waals surface area contributed by atoms with Crippen molar-refractivity contribution in [3.63, 3.8) is 0 Å². The zero-order valence-corrected chi connectivity index (χ0v) is 10.2. The molecule has 0 unspecified atom stereocenters. The molecule has 1 saturated heterocycles. The highest BCUT2D eigenvalue weighted by Crippen LogP contribution is 2.15. The Hall–Kier alpha value is -1.42. The highest BCUT2D eigenvalue weighted by atomic mass is 19.1. The number of amides is 1. The first-order valence-corrected chi connectivity index (χ1v) is 5.87. The number of halogens is 1. The van der Waals surface area contributed by atoms with Crippen molar-refractivity contribution in [1.82, 2.24) is 10.2 Å². The molecule has 0 aliphatic carbocycles. The van der Waals surface area contributed by atoms with Crippen LogP contribution in [-0.4, -0.2) is 36.5 Å². The van der Waals surface area contributed by atoms with Crippen LogP contribution in [0, 0.1) is 12.7 Å².